The monoisotopic (exact) mass is 226 g/mol. The Morgan fingerprint density at radius 3 is 2.31 bits per heavy atom. The molecule has 0 aromatic carbocycles. The molecule has 1 saturated heterocycles. The van der Waals surface area contributed by atoms with Gasteiger partial charge in [0.2, 0.25) is 5.91 Å². The Balaban J connectivity index is 2.33. The first-order valence-electron chi connectivity index (χ1n) is 6.35. The van der Waals surface area contributed by atoms with Gasteiger partial charge in [-0.25, -0.2) is 0 Å². The van der Waals surface area contributed by atoms with Crippen LogP contribution in [0.25, 0.3) is 0 Å². The predicted octanol–water partition coefficient (Wildman–Crippen LogP) is 1.88. The Kier molecular flexibility index (Phi) is 4.78. The molecule has 1 fully saturated rings. The molecule has 94 valence electrons. The first kappa shape index (κ1) is 13.5. The van der Waals surface area contributed by atoms with Gasteiger partial charge in [-0.2, -0.15) is 0 Å². The van der Waals surface area contributed by atoms with Crippen LogP contribution in [0.2, 0.25) is 0 Å². The van der Waals surface area contributed by atoms with E-state index in [9.17, 15) is 4.79 Å². The van der Waals surface area contributed by atoms with Crippen molar-refractivity contribution in [2.45, 2.75) is 40.0 Å². The second-order valence-electron chi connectivity index (χ2n) is 6.12. The normalized spacial score (nSPS) is 18.9. The van der Waals surface area contributed by atoms with Gasteiger partial charge in [0, 0.05) is 19.5 Å². The number of amides is 1. The van der Waals surface area contributed by atoms with E-state index in [1.54, 1.807) is 0 Å². The zero-order valence-corrected chi connectivity index (χ0v) is 11.2. The summed E-state index contributed by atoms with van der Waals surface area (Å²) in [6, 6.07) is 0. The summed E-state index contributed by atoms with van der Waals surface area (Å²) in [5.41, 5.74) is 0.110. The molecule has 0 atom stereocenters. The lowest BCUT2D eigenvalue weighted by molar-refractivity contribution is -0.134. The van der Waals surface area contributed by atoms with Crippen molar-refractivity contribution in [3.63, 3.8) is 0 Å². The third kappa shape index (κ3) is 4.52. The van der Waals surface area contributed by atoms with Crippen molar-refractivity contribution in [2.24, 2.45) is 11.3 Å². The van der Waals surface area contributed by atoms with Crippen LogP contribution in [-0.4, -0.2) is 37.5 Å². The average molecular weight is 226 g/mol. The van der Waals surface area contributed by atoms with E-state index in [1.165, 1.54) is 0 Å². The predicted molar refractivity (Wildman–Crippen MR) is 67.3 cm³/mol. The molecule has 1 heterocycles. The number of hydrogen-bond acceptors (Lipinski definition) is 2. The SMILES string of the molecule is CNCC1CCN(C(=O)CC(C)(C)C)CC1. The van der Waals surface area contributed by atoms with Gasteiger partial charge < -0.3 is 10.2 Å². The molecule has 3 nitrogen and oxygen atoms in total. The Bertz CT molecular complexity index is 225. The van der Waals surface area contributed by atoms with Crippen molar-refractivity contribution in [1.82, 2.24) is 10.2 Å². The minimum absolute atomic E-state index is 0.110. The van der Waals surface area contributed by atoms with Crippen LogP contribution >= 0.6 is 0 Å². The molecule has 0 saturated carbocycles. The van der Waals surface area contributed by atoms with Crippen molar-refractivity contribution in [1.29, 1.82) is 0 Å². The van der Waals surface area contributed by atoms with Gasteiger partial charge in [0.25, 0.3) is 0 Å². The van der Waals surface area contributed by atoms with Crippen LogP contribution in [0.15, 0.2) is 0 Å². The number of hydrogen-bond donors (Lipinski definition) is 1. The summed E-state index contributed by atoms with van der Waals surface area (Å²) in [7, 11) is 2.00. The molecule has 0 aliphatic carbocycles. The van der Waals surface area contributed by atoms with Gasteiger partial charge in [0.15, 0.2) is 0 Å². The van der Waals surface area contributed by atoms with Crippen molar-refractivity contribution in [3.05, 3.63) is 0 Å². The number of rotatable bonds is 3. The number of carbonyl (C=O) groups is 1. The van der Waals surface area contributed by atoms with E-state index in [-0.39, 0.29) is 5.41 Å². The molecule has 1 rings (SSSR count). The van der Waals surface area contributed by atoms with Gasteiger partial charge in [0.05, 0.1) is 0 Å². The second-order valence-corrected chi connectivity index (χ2v) is 6.12. The standard InChI is InChI=1S/C13H26N2O/c1-13(2,3)9-12(16)15-7-5-11(6-8-15)10-14-4/h11,14H,5-10H2,1-4H3. The van der Waals surface area contributed by atoms with Crippen LogP contribution in [-0.2, 0) is 4.79 Å². The van der Waals surface area contributed by atoms with Crippen molar-refractivity contribution in [3.8, 4) is 0 Å². The smallest absolute Gasteiger partial charge is 0.223 e. The Morgan fingerprint density at radius 2 is 1.88 bits per heavy atom. The zero-order valence-electron chi connectivity index (χ0n) is 11.2. The topological polar surface area (TPSA) is 32.3 Å². The highest BCUT2D eigenvalue weighted by Crippen LogP contribution is 2.23. The molecule has 0 aromatic heterocycles. The molecule has 0 spiro atoms. The fourth-order valence-electron chi connectivity index (χ4n) is 2.24. The van der Waals surface area contributed by atoms with E-state index in [4.69, 9.17) is 0 Å². The second kappa shape index (κ2) is 5.67. The van der Waals surface area contributed by atoms with E-state index >= 15 is 0 Å². The summed E-state index contributed by atoms with van der Waals surface area (Å²) in [6.07, 6.45) is 2.97. The van der Waals surface area contributed by atoms with Crippen LogP contribution in [0.3, 0.4) is 0 Å². The molecule has 1 aliphatic heterocycles. The number of nitrogens with zero attached hydrogens (tertiary/aromatic N) is 1. The van der Waals surface area contributed by atoms with E-state index in [1.807, 2.05) is 11.9 Å². The average Bonchev–Trinajstić information content (AvgIpc) is 2.16. The largest absolute Gasteiger partial charge is 0.343 e. The van der Waals surface area contributed by atoms with Gasteiger partial charge in [-0.15, -0.1) is 0 Å². The van der Waals surface area contributed by atoms with Crippen LogP contribution in [0, 0.1) is 11.3 Å². The molecule has 0 bridgehead atoms. The summed E-state index contributed by atoms with van der Waals surface area (Å²) < 4.78 is 0. The lowest BCUT2D eigenvalue weighted by Crippen LogP contribution is -2.41. The molecule has 0 unspecified atom stereocenters. The van der Waals surface area contributed by atoms with Gasteiger partial charge >= 0.3 is 0 Å². The van der Waals surface area contributed by atoms with E-state index in [2.05, 4.69) is 26.1 Å². The molecule has 1 N–H and O–H groups in total. The Labute approximate surface area is 99.6 Å². The highest BCUT2D eigenvalue weighted by Gasteiger charge is 2.25. The third-order valence-corrected chi connectivity index (χ3v) is 3.14. The maximum Gasteiger partial charge on any atom is 0.223 e. The van der Waals surface area contributed by atoms with E-state index in [0.717, 1.165) is 38.4 Å². The van der Waals surface area contributed by atoms with Gasteiger partial charge in [0.1, 0.15) is 0 Å². The molecular weight excluding hydrogens is 200 g/mol. The molecular formula is C13H26N2O. The molecule has 1 amide bonds. The van der Waals surface area contributed by atoms with E-state index in [0.29, 0.717) is 12.3 Å². The summed E-state index contributed by atoms with van der Waals surface area (Å²) in [4.78, 5) is 14.0. The van der Waals surface area contributed by atoms with Crippen molar-refractivity contribution < 1.29 is 4.79 Å². The number of carbonyl (C=O) groups excluding carboxylic acids is 1. The van der Waals surface area contributed by atoms with Crippen molar-refractivity contribution >= 4 is 5.91 Å². The fourth-order valence-corrected chi connectivity index (χ4v) is 2.24. The van der Waals surface area contributed by atoms with Crippen LogP contribution in [0.4, 0.5) is 0 Å². The van der Waals surface area contributed by atoms with Crippen LogP contribution in [0.5, 0.6) is 0 Å². The minimum atomic E-state index is 0.110. The van der Waals surface area contributed by atoms with Gasteiger partial charge in [-0.3, -0.25) is 4.79 Å². The fraction of sp³-hybridized carbons (Fsp3) is 0.923. The Morgan fingerprint density at radius 1 is 1.31 bits per heavy atom. The maximum absolute atomic E-state index is 12.0. The molecule has 3 heteroatoms. The van der Waals surface area contributed by atoms with Crippen LogP contribution in [0.1, 0.15) is 40.0 Å². The quantitative estimate of drug-likeness (QED) is 0.797. The highest BCUT2D eigenvalue weighted by atomic mass is 16.2. The maximum atomic E-state index is 12.0. The van der Waals surface area contributed by atoms with Crippen LogP contribution < -0.4 is 5.32 Å². The zero-order chi connectivity index (χ0) is 12.2. The third-order valence-electron chi connectivity index (χ3n) is 3.14. The first-order chi connectivity index (χ1) is 7.42. The summed E-state index contributed by atoms with van der Waals surface area (Å²) >= 11 is 0. The molecule has 16 heavy (non-hydrogen) atoms. The number of likely N-dealkylation sites (tertiary alicyclic amines) is 1. The molecule has 1 aliphatic rings. The number of piperidine rings is 1. The lowest BCUT2D eigenvalue weighted by atomic mass is 9.90. The summed E-state index contributed by atoms with van der Waals surface area (Å²) in [5, 5.41) is 3.22. The lowest BCUT2D eigenvalue weighted by Gasteiger charge is -2.33. The highest BCUT2D eigenvalue weighted by molar-refractivity contribution is 5.76. The molecule has 0 aromatic rings. The summed E-state index contributed by atoms with van der Waals surface area (Å²) in [6.45, 7) is 9.35. The number of nitrogens with one attached hydrogen (secondary N) is 1. The van der Waals surface area contributed by atoms with Gasteiger partial charge in [-0.05, 0) is 37.8 Å². The minimum Gasteiger partial charge on any atom is -0.343 e. The molecule has 0 radical (unpaired) electrons. The first-order valence-corrected chi connectivity index (χ1v) is 6.35. The van der Waals surface area contributed by atoms with E-state index < -0.39 is 0 Å². The van der Waals surface area contributed by atoms with Gasteiger partial charge in [-0.1, -0.05) is 20.8 Å². The van der Waals surface area contributed by atoms with Crippen molar-refractivity contribution in [2.75, 3.05) is 26.7 Å². The Hall–Kier alpha value is -0.570. The summed E-state index contributed by atoms with van der Waals surface area (Å²) in [5.74, 6) is 1.08.